The van der Waals surface area contributed by atoms with Crippen molar-refractivity contribution in [2.75, 3.05) is 23.7 Å². The second kappa shape index (κ2) is 3.33. The number of fused-ring (bicyclic) bond motifs is 1. The van der Waals surface area contributed by atoms with E-state index in [0.29, 0.717) is 5.69 Å². The Balaban J connectivity index is 2.23. The van der Waals surface area contributed by atoms with Gasteiger partial charge in [-0.05, 0) is 31.0 Å². The topological polar surface area (TPSA) is 54.4 Å². The van der Waals surface area contributed by atoms with E-state index < -0.39 is 0 Å². The molecular weight excluding hydrogens is 202 g/mol. The van der Waals surface area contributed by atoms with Crippen LogP contribution in [0.15, 0.2) is 24.4 Å². The van der Waals surface area contributed by atoms with Crippen LogP contribution in [0.4, 0.5) is 11.4 Å². The van der Waals surface area contributed by atoms with E-state index in [-0.39, 0.29) is 0 Å². The summed E-state index contributed by atoms with van der Waals surface area (Å²) >= 11 is 0. The second-order valence-corrected chi connectivity index (χ2v) is 4.29. The molecule has 2 aromatic rings. The summed E-state index contributed by atoms with van der Waals surface area (Å²) in [5.74, 6) is 0. The van der Waals surface area contributed by atoms with Gasteiger partial charge in [-0.1, -0.05) is 0 Å². The van der Waals surface area contributed by atoms with E-state index in [9.17, 15) is 5.21 Å². The van der Waals surface area contributed by atoms with E-state index in [2.05, 4.69) is 4.90 Å². The van der Waals surface area contributed by atoms with E-state index in [1.165, 1.54) is 17.6 Å². The lowest BCUT2D eigenvalue weighted by Gasteiger charge is -2.19. The highest BCUT2D eigenvalue weighted by Crippen LogP contribution is 2.32. The van der Waals surface area contributed by atoms with E-state index >= 15 is 0 Å². The fourth-order valence-corrected chi connectivity index (χ4v) is 2.46. The van der Waals surface area contributed by atoms with Gasteiger partial charge in [-0.2, -0.15) is 4.73 Å². The normalized spacial score (nSPS) is 16.1. The maximum atomic E-state index is 9.81. The third kappa shape index (κ3) is 1.23. The van der Waals surface area contributed by atoms with Gasteiger partial charge in [-0.25, -0.2) is 0 Å². The summed E-state index contributed by atoms with van der Waals surface area (Å²) < 4.78 is 1.17. The maximum Gasteiger partial charge on any atom is 0.112 e. The third-order valence-electron chi connectivity index (χ3n) is 3.29. The molecule has 0 atom stereocenters. The lowest BCUT2D eigenvalue weighted by Crippen LogP contribution is -2.18. The van der Waals surface area contributed by atoms with Crippen LogP contribution in [-0.4, -0.2) is 23.0 Å². The minimum Gasteiger partial charge on any atom is -0.428 e. The van der Waals surface area contributed by atoms with Crippen molar-refractivity contribution in [2.24, 2.45) is 0 Å². The van der Waals surface area contributed by atoms with E-state index in [1.807, 2.05) is 18.2 Å². The van der Waals surface area contributed by atoms with Gasteiger partial charge in [-0.15, -0.1) is 0 Å². The van der Waals surface area contributed by atoms with Crippen LogP contribution >= 0.6 is 0 Å². The molecule has 0 radical (unpaired) electrons. The van der Waals surface area contributed by atoms with Gasteiger partial charge in [0.25, 0.3) is 0 Å². The Hall–Kier alpha value is -1.84. The summed E-state index contributed by atoms with van der Waals surface area (Å²) in [6.07, 6.45) is 4.08. The first-order chi connectivity index (χ1) is 7.77. The van der Waals surface area contributed by atoms with Crippen LogP contribution in [0.25, 0.3) is 10.9 Å². The first-order valence-electron chi connectivity index (χ1n) is 5.61. The predicted molar refractivity (Wildman–Crippen MR) is 65.0 cm³/mol. The Labute approximate surface area is 93.8 Å². The summed E-state index contributed by atoms with van der Waals surface area (Å²) in [7, 11) is 0. The van der Waals surface area contributed by atoms with Crippen LogP contribution in [0.2, 0.25) is 0 Å². The number of hydrogen-bond acceptors (Lipinski definition) is 3. The molecule has 1 aliphatic rings. The summed E-state index contributed by atoms with van der Waals surface area (Å²) in [4.78, 5) is 2.30. The van der Waals surface area contributed by atoms with Gasteiger partial charge in [0.2, 0.25) is 0 Å². The molecule has 1 aliphatic heterocycles. The number of anilines is 2. The van der Waals surface area contributed by atoms with Crippen molar-refractivity contribution in [3.05, 3.63) is 24.4 Å². The first kappa shape index (κ1) is 9.39. The van der Waals surface area contributed by atoms with Gasteiger partial charge in [-0.3, -0.25) is 0 Å². The van der Waals surface area contributed by atoms with E-state index in [1.54, 1.807) is 6.20 Å². The minimum atomic E-state index is 0.714. The Morgan fingerprint density at radius 1 is 1.12 bits per heavy atom. The molecular formula is C12H15N3O. The van der Waals surface area contributed by atoms with Crippen molar-refractivity contribution in [3.63, 3.8) is 0 Å². The molecule has 1 aromatic heterocycles. The lowest BCUT2D eigenvalue weighted by molar-refractivity contribution is 0.200. The van der Waals surface area contributed by atoms with Gasteiger partial charge in [0.05, 0.1) is 5.69 Å². The Bertz CT molecular complexity index is 526. The number of rotatable bonds is 1. The number of nitrogens with zero attached hydrogens (tertiary/aromatic N) is 2. The lowest BCUT2D eigenvalue weighted by atomic mass is 10.2. The minimum absolute atomic E-state index is 0.714. The van der Waals surface area contributed by atoms with Crippen molar-refractivity contribution in [3.8, 4) is 0 Å². The van der Waals surface area contributed by atoms with Gasteiger partial charge >= 0.3 is 0 Å². The van der Waals surface area contributed by atoms with Crippen LogP contribution in [0.5, 0.6) is 0 Å². The Morgan fingerprint density at radius 2 is 1.88 bits per heavy atom. The highest BCUT2D eigenvalue weighted by Gasteiger charge is 2.17. The summed E-state index contributed by atoms with van der Waals surface area (Å²) in [5, 5.41) is 10.7. The third-order valence-corrected chi connectivity index (χ3v) is 3.29. The second-order valence-electron chi connectivity index (χ2n) is 4.29. The molecule has 0 saturated carbocycles. The monoisotopic (exact) mass is 217 g/mol. The predicted octanol–water partition coefficient (Wildman–Crippen LogP) is 2.06. The molecule has 84 valence electrons. The van der Waals surface area contributed by atoms with Crippen LogP contribution in [-0.2, 0) is 0 Å². The van der Waals surface area contributed by atoms with Crippen molar-refractivity contribution in [1.29, 1.82) is 0 Å². The molecule has 3 N–H and O–H groups in total. The average molecular weight is 217 g/mol. The number of nitrogens with two attached hydrogens (primary N) is 1. The highest BCUT2D eigenvalue weighted by molar-refractivity contribution is 5.99. The molecule has 0 bridgehead atoms. The molecule has 0 unspecified atom stereocenters. The summed E-state index contributed by atoms with van der Waals surface area (Å²) in [6, 6.07) is 5.76. The zero-order valence-corrected chi connectivity index (χ0v) is 9.06. The average Bonchev–Trinajstić information content (AvgIpc) is 2.90. The molecule has 4 heteroatoms. The number of nitrogen functional groups attached to an aromatic ring is 1. The largest absolute Gasteiger partial charge is 0.428 e. The Morgan fingerprint density at radius 3 is 2.62 bits per heavy atom. The number of benzene rings is 1. The van der Waals surface area contributed by atoms with Crippen molar-refractivity contribution >= 4 is 22.3 Å². The molecule has 16 heavy (non-hydrogen) atoms. The quantitative estimate of drug-likeness (QED) is 0.568. The van der Waals surface area contributed by atoms with Crippen LogP contribution in [0, 0.1) is 0 Å². The fraction of sp³-hybridized carbons (Fsp3) is 0.333. The Kier molecular flexibility index (Phi) is 1.96. The maximum absolute atomic E-state index is 9.81. The summed E-state index contributed by atoms with van der Waals surface area (Å²) in [6.45, 7) is 2.12. The summed E-state index contributed by atoms with van der Waals surface area (Å²) in [5.41, 5.74) is 8.51. The smallest absolute Gasteiger partial charge is 0.112 e. The van der Waals surface area contributed by atoms with Gasteiger partial charge < -0.3 is 15.8 Å². The molecule has 0 spiro atoms. The van der Waals surface area contributed by atoms with Crippen molar-refractivity contribution in [2.45, 2.75) is 12.8 Å². The zero-order chi connectivity index (χ0) is 11.1. The molecule has 3 rings (SSSR count). The van der Waals surface area contributed by atoms with Crippen molar-refractivity contribution < 1.29 is 5.21 Å². The molecule has 1 fully saturated rings. The number of hydrogen-bond donors (Lipinski definition) is 2. The molecule has 0 amide bonds. The van der Waals surface area contributed by atoms with Gasteiger partial charge in [0.15, 0.2) is 0 Å². The highest BCUT2D eigenvalue weighted by atomic mass is 16.5. The van der Waals surface area contributed by atoms with Crippen LogP contribution < -0.4 is 10.6 Å². The van der Waals surface area contributed by atoms with Crippen LogP contribution in [0.3, 0.4) is 0 Å². The standard InChI is InChI=1S/C12H15N3O/c13-10-3-4-11(14-6-1-2-7-14)12-9(10)5-8-15(12)16/h3-5,8,16H,1-2,6-7,13H2. The first-order valence-corrected chi connectivity index (χ1v) is 5.61. The van der Waals surface area contributed by atoms with E-state index in [0.717, 1.165) is 29.7 Å². The number of aromatic nitrogens is 1. The van der Waals surface area contributed by atoms with Gasteiger partial charge in [0, 0.05) is 30.4 Å². The molecule has 1 aromatic carbocycles. The molecule has 4 nitrogen and oxygen atoms in total. The molecule has 1 saturated heterocycles. The van der Waals surface area contributed by atoms with Crippen molar-refractivity contribution in [1.82, 2.24) is 4.73 Å². The van der Waals surface area contributed by atoms with E-state index in [4.69, 9.17) is 5.73 Å². The van der Waals surface area contributed by atoms with Crippen LogP contribution in [0.1, 0.15) is 12.8 Å². The fourth-order valence-electron chi connectivity index (χ4n) is 2.46. The molecule has 2 heterocycles. The SMILES string of the molecule is Nc1ccc(N2CCCC2)c2c1ccn2O. The zero-order valence-electron chi connectivity index (χ0n) is 9.06. The molecule has 0 aliphatic carbocycles. The van der Waals surface area contributed by atoms with Gasteiger partial charge in [0.1, 0.15) is 5.52 Å².